The number of nitrogens with one attached hydrogen (secondary N) is 1. The molecule has 0 atom stereocenters. The molecule has 0 amide bonds. The minimum atomic E-state index is -3.90. The molecule has 0 aliphatic rings. The average molecular weight is 509 g/mol. The number of carbonyl (C=O) groups is 1. The van der Waals surface area contributed by atoms with Crippen molar-refractivity contribution in [1.82, 2.24) is 0 Å². The third kappa shape index (κ3) is 5.40. The minimum Gasteiger partial charge on any atom is -0.294 e. The predicted molar refractivity (Wildman–Crippen MR) is 135 cm³/mol. The maximum atomic E-state index is 12.9. The zero-order valence-electron chi connectivity index (χ0n) is 17.8. The molecule has 0 heterocycles. The SMILES string of the molecule is N#Cc1ccc(CCC(=O)c2cccc3cc(NS(=O)(=O)c4cc(Cl)cc(Cl)c4)ccc23)cc1. The van der Waals surface area contributed by atoms with Crippen molar-refractivity contribution in [1.29, 1.82) is 5.26 Å². The molecule has 0 aliphatic carbocycles. The Balaban J connectivity index is 1.55. The third-order valence-electron chi connectivity index (χ3n) is 5.30. The van der Waals surface area contributed by atoms with Gasteiger partial charge >= 0.3 is 0 Å². The largest absolute Gasteiger partial charge is 0.294 e. The van der Waals surface area contributed by atoms with Crippen LogP contribution in [0.15, 0.2) is 83.8 Å². The number of hydrogen-bond acceptors (Lipinski definition) is 4. The van der Waals surface area contributed by atoms with Gasteiger partial charge in [-0.25, -0.2) is 8.42 Å². The van der Waals surface area contributed by atoms with Crippen molar-refractivity contribution in [3.05, 3.63) is 106 Å². The number of ketones is 1. The number of fused-ring (bicyclic) bond motifs is 1. The molecule has 0 aromatic heterocycles. The van der Waals surface area contributed by atoms with E-state index in [2.05, 4.69) is 10.8 Å². The molecule has 0 saturated carbocycles. The number of aryl methyl sites for hydroxylation is 1. The van der Waals surface area contributed by atoms with E-state index in [9.17, 15) is 13.2 Å². The molecule has 5 nitrogen and oxygen atoms in total. The van der Waals surface area contributed by atoms with E-state index in [4.69, 9.17) is 28.5 Å². The first kappa shape index (κ1) is 23.8. The number of carbonyl (C=O) groups excluding carboxylic acids is 1. The topological polar surface area (TPSA) is 87.0 Å². The van der Waals surface area contributed by atoms with Crippen LogP contribution in [0.4, 0.5) is 5.69 Å². The van der Waals surface area contributed by atoms with Crippen LogP contribution in [-0.4, -0.2) is 14.2 Å². The van der Waals surface area contributed by atoms with Crippen molar-refractivity contribution in [3.8, 4) is 6.07 Å². The standard InChI is InChI=1S/C26H18Cl2N2O3S/c27-20-13-21(28)15-23(14-20)34(32,33)30-22-9-10-24-19(12-22)2-1-3-25(24)26(31)11-8-17-4-6-18(16-29)7-5-17/h1-7,9-10,12-15,30H,8,11H2. The van der Waals surface area contributed by atoms with Crippen LogP contribution >= 0.6 is 23.2 Å². The zero-order chi connectivity index (χ0) is 24.3. The molecule has 34 heavy (non-hydrogen) atoms. The molecule has 0 spiro atoms. The normalized spacial score (nSPS) is 11.2. The molecule has 0 fully saturated rings. The summed E-state index contributed by atoms with van der Waals surface area (Å²) in [7, 11) is -3.90. The Morgan fingerprint density at radius 3 is 2.29 bits per heavy atom. The first-order valence-corrected chi connectivity index (χ1v) is 12.5. The van der Waals surface area contributed by atoms with Gasteiger partial charge in [0.15, 0.2) is 5.78 Å². The van der Waals surface area contributed by atoms with Gasteiger partial charge in [-0.2, -0.15) is 5.26 Å². The van der Waals surface area contributed by atoms with Gasteiger partial charge in [-0.05, 0) is 65.2 Å². The lowest BCUT2D eigenvalue weighted by Crippen LogP contribution is -2.13. The molecular formula is C26H18Cl2N2O3S. The van der Waals surface area contributed by atoms with Crippen LogP contribution in [0, 0.1) is 11.3 Å². The molecule has 1 N–H and O–H groups in total. The second kappa shape index (κ2) is 9.86. The molecular weight excluding hydrogens is 491 g/mol. The molecule has 0 saturated heterocycles. The smallest absolute Gasteiger partial charge is 0.261 e. The molecule has 170 valence electrons. The lowest BCUT2D eigenvalue weighted by molar-refractivity contribution is 0.0984. The molecule has 4 aromatic rings. The van der Waals surface area contributed by atoms with Gasteiger partial charge in [0, 0.05) is 27.7 Å². The summed E-state index contributed by atoms with van der Waals surface area (Å²) in [6.45, 7) is 0. The average Bonchev–Trinajstić information content (AvgIpc) is 2.81. The van der Waals surface area contributed by atoms with E-state index in [1.165, 1.54) is 18.2 Å². The summed E-state index contributed by atoms with van der Waals surface area (Å²) in [5.41, 5.74) is 2.48. The second-order valence-electron chi connectivity index (χ2n) is 7.68. The Kier molecular flexibility index (Phi) is 6.90. The number of Topliss-reactive ketones (excluding diaryl/α,β-unsaturated/α-hetero) is 1. The van der Waals surface area contributed by atoms with Gasteiger partial charge in [-0.3, -0.25) is 9.52 Å². The monoisotopic (exact) mass is 508 g/mol. The number of hydrogen-bond donors (Lipinski definition) is 1. The maximum Gasteiger partial charge on any atom is 0.261 e. The van der Waals surface area contributed by atoms with Gasteiger partial charge in [0.05, 0.1) is 16.5 Å². The lowest BCUT2D eigenvalue weighted by atomic mass is 9.97. The minimum absolute atomic E-state index is 0.0168. The summed E-state index contributed by atoms with van der Waals surface area (Å²) < 4.78 is 28.1. The van der Waals surface area contributed by atoms with Crippen LogP contribution < -0.4 is 4.72 Å². The number of sulfonamides is 1. The Morgan fingerprint density at radius 2 is 1.62 bits per heavy atom. The summed E-state index contributed by atoms with van der Waals surface area (Å²) in [5, 5.41) is 10.8. The quantitative estimate of drug-likeness (QED) is 0.283. The Hall–Kier alpha value is -3.37. The number of rotatable bonds is 7. The highest BCUT2D eigenvalue weighted by Crippen LogP contribution is 2.27. The van der Waals surface area contributed by atoms with E-state index in [-0.39, 0.29) is 20.7 Å². The number of benzene rings is 4. The van der Waals surface area contributed by atoms with Crippen LogP contribution in [0.5, 0.6) is 0 Å². The summed E-state index contributed by atoms with van der Waals surface area (Å²) >= 11 is 11.9. The first-order chi connectivity index (χ1) is 16.2. The summed E-state index contributed by atoms with van der Waals surface area (Å²) in [5.74, 6) is -0.0168. The van der Waals surface area contributed by atoms with E-state index in [1.807, 2.05) is 18.2 Å². The van der Waals surface area contributed by atoms with Crippen molar-refractivity contribution < 1.29 is 13.2 Å². The van der Waals surface area contributed by atoms with Crippen LogP contribution in [0.25, 0.3) is 10.8 Å². The Bertz CT molecular complexity index is 1520. The number of anilines is 1. The highest BCUT2D eigenvalue weighted by molar-refractivity contribution is 7.92. The van der Waals surface area contributed by atoms with Crippen molar-refractivity contribution in [2.45, 2.75) is 17.7 Å². The molecule has 0 unspecified atom stereocenters. The summed E-state index contributed by atoms with van der Waals surface area (Å²) in [6.07, 6.45) is 0.871. The number of nitrogens with zero attached hydrogens (tertiary/aromatic N) is 1. The molecule has 0 radical (unpaired) electrons. The fraction of sp³-hybridized carbons (Fsp3) is 0.0769. The molecule has 4 rings (SSSR count). The van der Waals surface area contributed by atoms with Gasteiger partial charge in [-0.1, -0.05) is 59.6 Å². The lowest BCUT2D eigenvalue weighted by Gasteiger charge is -2.11. The summed E-state index contributed by atoms with van der Waals surface area (Å²) in [6, 6.07) is 23.7. The highest BCUT2D eigenvalue weighted by atomic mass is 35.5. The fourth-order valence-corrected chi connectivity index (χ4v) is 5.40. The second-order valence-corrected chi connectivity index (χ2v) is 10.2. The zero-order valence-corrected chi connectivity index (χ0v) is 20.1. The fourth-order valence-electron chi connectivity index (χ4n) is 3.63. The maximum absolute atomic E-state index is 12.9. The van der Waals surface area contributed by atoms with Gasteiger partial charge in [0.2, 0.25) is 0 Å². The van der Waals surface area contributed by atoms with E-state index in [0.29, 0.717) is 29.7 Å². The first-order valence-electron chi connectivity index (χ1n) is 10.3. The molecule has 8 heteroatoms. The molecule has 0 aliphatic heterocycles. The summed E-state index contributed by atoms with van der Waals surface area (Å²) in [4.78, 5) is 12.9. The van der Waals surface area contributed by atoms with E-state index < -0.39 is 10.0 Å². The predicted octanol–water partition coefficient (Wildman–Crippen LogP) is 6.63. The molecule has 0 bridgehead atoms. The van der Waals surface area contributed by atoms with Crippen molar-refractivity contribution in [3.63, 3.8) is 0 Å². The third-order valence-corrected chi connectivity index (χ3v) is 7.10. The van der Waals surface area contributed by atoms with Gasteiger partial charge in [-0.15, -0.1) is 0 Å². The Labute approximate surface area is 207 Å². The number of halogens is 2. The van der Waals surface area contributed by atoms with Gasteiger partial charge < -0.3 is 0 Å². The van der Waals surface area contributed by atoms with Crippen molar-refractivity contribution in [2.24, 2.45) is 0 Å². The highest BCUT2D eigenvalue weighted by Gasteiger charge is 2.17. The van der Waals surface area contributed by atoms with E-state index in [0.717, 1.165) is 16.3 Å². The molecule has 4 aromatic carbocycles. The van der Waals surface area contributed by atoms with Crippen LogP contribution in [0.3, 0.4) is 0 Å². The van der Waals surface area contributed by atoms with Crippen molar-refractivity contribution >= 4 is 55.5 Å². The van der Waals surface area contributed by atoms with Gasteiger partial charge in [0.1, 0.15) is 0 Å². The number of nitriles is 1. The van der Waals surface area contributed by atoms with E-state index >= 15 is 0 Å². The van der Waals surface area contributed by atoms with Crippen molar-refractivity contribution in [2.75, 3.05) is 4.72 Å². The van der Waals surface area contributed by atoms with Crippen LogP contribution in [0.1, 0.15) is 27.9 Å². The Morgan fingerprint density at radius 1 is 0.912 bits per heavy atom. The van der Waals surface area contributed by atoms with Crippen LogP contribution in [-0.2, 0) is 16.4 Å². The van der Waals surface area contributed by atoms with Gasteiger partial charge in [0.25, 0.3) is 10.0 Å². The van der Waals surface area contributed by atoms with Crippen LogP contribution in [0.2, 0.25) is 10.0 Å². The van der Waals surface area contributed by atoms with E-state index in [1.54, 1.807) is 42.5 Å².